The molecule has 0 aliphatic rings. The first-order valence-corrected chi connectivity index (χ1v) is 5.72. The molecule has 2 aromatic carbocycles. The zero-order valence-corrected chi connectivity index (χ0v) is 11.0. The highest BCUT2D eigenvalue weighted by molar-refractivity contribution is 5.89. The molecule has 2 aromatic rings. The van der Waals surface area contributed by atoms with Gasteiger partial charge in [-0.1, -0.05) is 0 Å². The van der Waals surface area contributed by atoms with Crippen LogP contribution in [-0.4, -0.2) is 42.6 Å². The number of carboxylic acid groups (broad SMARTS) is 2. The highest BCUT2D eigenvalue weighted by atomic mass is 16.4. The number of phenolic OH excluding ortho intramolecular Hbond substituents is 4. The van der Waals surface area contributed by atoms with Gasteiger partial charge in [-0.05, 0) is 30.3 Å². The van der Waals surface area contributed by atoms with E-state index in [1.165, 1.54) is 6.07 Å². The van der Waals surface area contributed by atoms with Crippen molar-refractivity contribution in [1.29, 1.82) is 0 Å². The minimum Gasteiger partial charge on any atom is -0.508 e. The monoisotopic (exact) mass is 308 g/mol. The van der Waals surface area contributed by atoms with E-state index in [1.807, 2.05) is 0 Å². The molecule has 8 nitrogen and oxygen atoms in total. The van der Waals surface area contributed by atoms with E-state index in [9.17, 15) is 9.59 Å². The molecule has 0 heterocycles. The molecular weight excluding hydrogens is 296 g/mol. The fourth-order valence-electron chi connectivity index (χ4n) is 1.38. The lowest BCUT2D eigenvalue weighted by atomic mass is 10.2. The van der Waals surface area contributed by atoms with E-state index in [2.05, 4.69) is 0 Å². The number of rotatable bonds is 2. The van der Waals surface area contributed by atoms with Gasteiger partial charge in [-0.3, -0.25) is 0 Å². The minimum absolute atomic E-state index is 0.0553. The van der Waals surface area contributed by atoms with Gasteiger partial charge in [0.1, 0.15) is 11.5 Å². The van der Waals surface area contributed by atoms with E-state index in [-0.39, 0.29) is 28.4 Å². The van der Waals surface area contributed by atoms with Crippen molar-refractivity contribution in [3.05, 3.63) is 47.5 Å². The van der Waals surface area contributed by atoms with E-state index < -0.39 is 17.7 Å². The summed E-state index contributed by atoms with van der Waals surface area (Å²) in [5, 5.41) is 52.1. The number of carbonyl (C=O) groups is 2. The molecule has 0 radical (unpaired) electrons. The van der Waals surface area contributed by atoms with Crippen LogP contribution in [0.1, 0.15) is 20.7 Å². The first kappa shape index (κ1) is 16.6. The van der Waals surface area contributed by atoms with E-state index in [4.69, 9.17) is 30.6 Å². The average molecular weight is 308 g/mol. The van der Waals surface area contributed by atoms with Crippen LogP contribution in [0.15, 0.2) is 36.4 Å². The summed E-state index contributed by atoms with van der Waals surface area (Å²) in [4.78, 5) is 20.6. The Kier molecular flexibility index (Phi) is 5.17. The Bertz CT molecular complexity index is 688. The Balaban J connectivity index is 0.000000220. The minimum atomic E-state index is -1.18. The van der Waals surface area contributed by atoms with Crippen LogP contribution in [0.5, 0.6) is 23.0 Å². The maximum atomic E-state index is 10.3. The van der Waals surface area contributed by atoms with E-state index in [0.717, 1.165) is 30.3 Å². The molecule has 22 heavy (non-hydrogen) atoms. The number of aromatic hydroxyl groups is 4. The molecule has 0 bridgehead atoms. The quantitative estimate of drug-likeness (QED) is 0.457. The lowest BCUT2D eigenvalue weighted by Gasteiger charge is -1.97. The molecule has 0 spiro atoms. The topological polar surface area (TPSA) is 156 Å². The molecule has 116 valence electrons. The normalized spacial score (nSPS) is 9.45. The molecule has 6 N–H and O–H groups in total. The van der Waals surface area contributed by atoms with Gasteiger partial charge in [-0.25, -0.2) is 9.59 Å². The van der Waals surface area contributed by atoms with Crippen LogP contribution in [-0.2, 0) is 0 Å². The molecule has 0 saturated carbocycles. The molecule has 0 saturated heterocycles. The maximum absolute atomic E-state index is 10.3. The van der Waals surface area contributed by atoms with Crippen molar-refractivity contribution in [1.82, 2.24) is 0 Å². The highest BCUT2D eigenvalue weighted by Crippen LogP contribution is 2.24. The van der Waals surface area contributed by atoms with Crippen LogP contribution < -0.4 is 0 Å². The molecule has 0 amide bonds. The van der Waals surface area contributed by atoms with Gasteiger partial charge in [0.25, 0.3) is 0 Å². The van der Waals surface area contributed by atoms with Crippen LogP contribution in [0.4, 0.5) is 0 Å². The summed E-state index contributed by atoms with van der Waals surface area (Å²) in [6, 6.07) is 6.49. The second kappa shape index (κ2) is 6.84. The predicted octanol–water partition coefficient (Wildman–Crippen LogP) is 1.59. The van der Waals surface area contributed by atoms with Gasteiger partial charge in [0.05, 0.1) is 11.1 Å². The number of aromatic carboxylic acids is 2. The first-order valence-electron chi connectivity index (χ1n) is 5.72. The Morgan fingerprint density at radius 1 is 0.636 bits per heavy atom. The summed E-state index contributed by atoms with van der Waals surface area (Å²) >= 11 is 0. The van der Waals surface area contributed by atoms with Crippen molar-refractivity contribution in [2.24, 2.45) is 0 Å². The largest absolute Gasteiger partial charge is 0.508 e. The Morgan fingerprint density at radius 2 is 1.14 bits per heavy atom. The second-order valence-electron chi connectivity index (χ2n) is 4.05. The smallest absolute Gasteiger partial charge is 0.335 e. The molecule has 2 rings (SSSR count). The number of hydrogen-bond donors (Lipinski definition) is 6. The Hall–Kier alpha value is -3.42. The van der Waals surface area contributed by atoms with Gasteiger partial charge in [-0.2, -0.15) is 0 Å². The molecule has 0 fully saturated rings. The predicted molar refractivity (Wildman–Crippen MR) is 73.5 cm³/mol. The first-order chi connectivity index (χ1) is 10.2. The third-order valence-corrected chi connectivity index (χ3v) is 2.37. The summed E-state index contributed by atoms with van der Waals surface area (Å²) in [7, 11) is 0. The fourth-order valence-corrected chi connectivity index (χ4v) is 1.38. The maximum Gasteiger partial charge on any atom is 0.335 e. The number of carboxylic acids is 2. The zero-order valence-electron chi connectivity index (χ0n) is 11.0. The Morgan fingerprint density at radius 3 is 1.55 bits per heavy atom. The lowest BCUT2D eigenvalue weighted by molar-refractivity contribution is 0.0685. The molecule has 0 aliphatic carbocycles. The number of benzene rings is 2. The van der Waals surface area contributed by atoms with Crippen LogP contribution in [0.25, 0.3) is 0 Å². The average Bonchev–Trinajstić information content (AvgIpc) is 2.41. The third-order valence-electron chi connectivity index (χ3n) is 2.37. The summed E-state index contributed by atoms with van der Waals surface area (Å²) in [6.07, 6.45) is 0. The molecule has 8 heteroatoms. The summed E-state index contributed by atoms with van der Waals surface area (Å²) in [5.41, 5.74) is -0.192. The highest BCUT2D eigenvalue weighted by Gasteiger charge is 2.06. The van der Waals surface area contributed by atoms with Crippen LogP contribution in [0.3, 0.4) is 0 Å². The van der Waals surface area contributed by atoms with Crippen molar-refractivity contribution < 1.29 is 40.2 Å². The van der Waals surface area contributed by atoms with Crippen LogP contribution in [0, 0.1) is 0 Å². The van der Waals surface area contributed by atoms with Gasteiger partial charge in [0, 0.05) is 6.07 Å². The third kappa shape index (κ3) is 4.60. The fraction of sp³-hybridized carbons (Fsp3) is 0. The van der Waals surface area contributed by atoms with Gasteiger partial charge in [0.2, 0.25) is 0 Å². The summed E-state index contributed by atoms with van der Waals surface area (Å²) in [5.74, 6) is -3.60. The number of phenols is 4. The van der Waals surface area contributed by atoms with E-state index in [1.54, 1.807) is 0 Å². The van der Waals surface area contributed by atoms with Crippen molar-refractivity contribution >= 4 is 11.9 Å². The summed E-state index contributed by atoms with van der Waals surface area (Å²) in [6.45, 7) is 0. The van der Waals surface area contributed by atoms with Crippen LogP contribution >= 0.6 is 0 Å². The van der Waals surface area contributed by atoms with Crippen molar-refractivity contribution in [2.45, 2.75) is 0 Å². The van der Waals surface area contributed by atoms with Gasteiger partial charge < -0.3 is 30.6 Å². The second-order valence-corrected chi connectivity index (χ2v) is 4.05. The van der Waals surface area contributed by atoms with Crippen molar-refractivity contribution in [3.63, 3.8) is 0 Å². The zero-order chi connectivity index (χ0) is 16.9. The number of hydrogen-bond acceptors (Lipinski definition) is 6. The van der Waals surface area contributed by atoms with Gasteiger partial charge in [-0.15, -0.1) is 0 Å². The van der Waals surface area contributed by atoms with Crippen molar-refractivity contribution in [3.8, 4) is 23.0 Å². The van der Waals surface area contributed by atoms with E-state index in [0.29, 0.717) is 0 Å². The van der Waals surface area contributed by atoms with E-state index >= 15 is 0 Å². The van der Waals surface area contributed by atoms with Crippen LogP contribution in [0.2, 0.25) is 0 Å². The summed E-state index contributed by atoms with van der Waals surface area (Å²) < 4.78 is 0. The van der Waals surface area contributed by atoms with Gasteiger partial charge >= 0.3 is 11.9 Å². The molecule has 0 unspecified atom stereocenters. The SMILES string of the molecule is O=C(O)c1cc(O)cc(O)c1.O=C(O)c1ccc(O)c(O)c1. The Labute approximate surface area is 123 Å². The molecule has 0 aliphatic heterocycles. The lowest BCUT2D eigenvalue weighted by Crippen LogP contribution is -1.94. The molecule has 0 aromatic heterocycles. The van der Waals surface area contributed by atoms with Gasteiger partial charge in [0.15, 0.2) is 11.5 Å². The molecule has 0 atom stereocenters. The standard InChI is InChI=1S/2C7H6O4/c8-5-1-4(7(10)11)2-6(9)3-5;8-5-2-1-4(7(10)11)3-6(5)9/h2*1-3,8-9H,(H,10,11). The molecular formula is C14H12O8. The van der Waals surface area contributed by atoms with Crippen molar-refractivity contribution in [2.75, 3.05) is 0 Å².